The zero-order valence-corrected chi connectivity index (χ0v) is 14.9. The van der Waals surface area contributed by atoms with Gasteiger partial charge in [0.25, 0.3) is 0 Å². The summed E-state index contributed by atoms with van der Waals surface area (Å²) < 4.78 is 0. The Morgan fingerprint density at radius 1 is 1.05 bits per heavy atom. The standard InChI is InChI=1S/C16H27N3S2/c1-14-6-8-15(9-7-14)21-13-11-19-16(17-2)18-10-4-5-12-20-3/h6-9H,4-5,10-13H2,1-3H3,(H2,17,18,19). The molecule has 0 aliphatic rings. The van der Waals surface area contributed by atoms with Gasteiger partial charge >= 0.3 is 0 Å². The Morgan fingerprint density at radius 3 is 2.43 bits per heavy atom. The summed E-state index contributed by atoms with van der Waals surface area (Å²) in [7, 11) is 1.82. The molecule has 0 atom stereocenters. The maximum atomic E-state index is 4.24. The molecule has 118 valence electrons. The van der Waals surface area contributed by atoms with Crippen molar-refractivity contribution in [2.45, 2.75) is 24.7 Å². The van der Waals surface area contributed by atoms with Crippen LogP contribution in [0.15, 0.2) is 34.2 Å². The molecule has 21 heavy (non-hydrogen) atoms. The Hall–Kier alpha value is -0.810. The average molecular weight is 326 g/mol. The molecule has 0 radical (unpaired) electrons. The molecule has 0 saturated carbocycles. The van der Waals surface area contributed by atoms with Crippen molar-refractivity contribution in [2.24, 2.45) is 4.99 Å². The predicted octanol–water partition coefficient (Wildman–Crippen LogP) is 3.40. The third-order valence-corrected chi connectivity index (χ3v) is 4.69. The Balaban J connectivity index is 2.10. The number of thioether (sulfide) groups is 2. The van der Waals surface area contributed by atoms with Gasteiger partial charge < -0.3 is 10.6 Å². The van der Waals surface area contributed by atoms with Gasteiger partial charge in [0.1, 0.15) is 0 Å². The molecule has 2 N–H and O–H groups in total. The van der Waals surface area contributed by atoms with Crippen molar-refractivity contribution in [3.63, 3.8) is 0 Å². The van der Waals surface area contributed by atoms with Crippen molar-refractivity contribution in [1.29, 1.82) is 0 Å². The Morgan fingerprint density at radius 2 is 1.76 bits per heavy atom. The van der Waals surface area contributed by atoms with Crippen LogP contribution in [0.3, 0.4) is 0 Å². The van der Waals surface area contributed by atoms with E-state index in [-0.39, 0.29) is 0 Å². The van der Waals surface area contributed by atoms with Crippen molar-refractivity contribution in [1.82, 2.24) is 10.6 Å². The summed E-state index contributed by atoms with van der Waals surface area (Å²) in [4.78, 5) is 5.56. The molecule has 0 aromatic heterocycles. The summed E-state index contributed by atoms with van der Waals surface area (Å²) in [5, 5.41) is 6.71. The SMILES string of the molecule is CN=C(NCCCCSC)NCCSc1ccc(C)cc1. The van der Waals surface area contributed by atoms with Crippen LogP contribution in [0.25, 0.3) is 0 Å². The van der Waals surface area contributed by atoms with E-state index in [2.05, 4.69) is 53.1 Å². The molecule has 0 heterocycles. The van der Waals surface area contributed by atoms with Gasteiger partial charge in [0.2, 0.25) is 0 Å². The van der Waals surface area contributed by atoms with E-state index in [4.69, 9.17) is 0 Å². The summed E-state index contributed by atoms with van der Waals surface area (Å²) >= 11 is 3.77. The first-order chi connectivity index (χ1) is 10.3. The van der Waals surface area contributed by atoms with Crippen LogP contribution in [0.2, 0.25) is 0 Å². The fourth-order valence-electron chi connectivity index (χ4n) is 1.77. The fourth-order valence-corrected chi connectivity index (χ4v) is 3.03. The maximum absolute atomic E-state index is 4.24. The molecule has 0 amide bonds. The molecule has 5 heteroatoms. The topological polar surface area (TPSA) is 36.4 Å². The number of nitrogens with zero attached hydrogens (tertiary/aromatic N) is 1. The van der Waals surface area contributed by atoms with Gasteiger partial charge in [-0.15, -0.1) is 11.8 Å². The van der Waals surface area contributed by atoms with E-state index in [0.29, 0.717) is 0 Å². The van der Waals surface area contributed by atoms with E-state index < -0.39 is 0 Å². The highest BCUT2D eigenvalue weighted by atomic mass is 32.2. The largest absolute Gasteiger partial charge is 0.356 e. The molecular formula is C16H27N3S2. The Kier molecular flexibility index (Phi) is 10.3. The fraction of sp³-hybridized carbons (Fsp3) is 0.562. The number of aliphatic imine (C=N–C) groups is 1. The van der Waals surface area contributed by atoms with Crippen LogP contribution in [0, 0.1) is 6.92 Å². The quantitative estimate of drug-likeness (QED) is 0.316. The van der Waals surface area contributed by atoms with Crippen molar-refractivity contribution < 1.29 is 0 Å². The summed E-state index contributed by atoms with van der Waals surface area (Å²) in [5.74, 6) is 3.18. The number of aryl methyl sites for hydroxylation is 1. The third kappa shape index (κ3) is 8.94. The second-order valence-corrected chi connectivity index (χ2v) is 6.94. The number of hydrogen-bond donors (Lipinski definition) is 2. The third-order valence-electron chi connectivity index (χ3n) is 2.98. The van der Waals surface area contributed by atoms with Crippen molar-refractivity contribution >= 4 is 29.5 Å². The second-order valence-electron chi connectivity index (χ2n) is 4.79. The van der Waals surface area contributed by atoms with Gasteiger partial charge in [-0.05, 0) is 43.9 Å². The summed E-state index contributed by atoms with van der Waals surface area (Å²) in [6.07, 6.45) is 4.60. The van der Waals surface area contributed by atoms with E-state index in [1.165, 1.54) is 29.1 Å². The van der Waals surface area contributed by atoms with E-state index in [0.717, 1.165) is 24.8 Å². The highest BCUT2D eigenvalue weighted by Gasteiger charge is 1.98. The van der Waals surface area contributed by atoms with Crippen LogP contribution >= 0.6 is 23.5 Å². The van der Waals surface area contributed by atoms with Crippen molar-refractivity contribution in [3.05, 3.63) is 29.8 Å². The lowest BCUT2D eigenvalue weighted by molar-refractivity contribution is 0.739. The minimum Gasteiger partial charge on any atom is -0.356 e. The number of guanidine groups is 1. The Bertz CT molecular complexity index is 404. The highest BCUT2D eigenvalue weighted by Crippen LogP contribution is 2.17. The van der Waals surface area contributed by atoms with Gasteiger partial charge in [0, 0.05) is 30.8 Å². The molecule has 1 aromatic carbocycles. The number of unbranched alkanes of at least 4 members (excludes halogenated alkanes) is 1. The van der Waals surface area contributed by atoms with Gasteiger partial charge in [-0.25, -0.2) is 0 Å². The summed E-state index contributed by atoms with van der Waals surface area (Å²) in [6, 6.07) is 8.67. The molecular weight excluding hydrogens is 298 g/mol. The van der Waals surface area contributed by atoms with E-state index in [9.17, 15) is 0 Å². The van der Waals surface area contributed by atoms with E-state index in [1.807, 2.05) is 30.6 Å². The lowest BCUT2D eigenvalue weighted by atomic mass is 10.2. The number of hydrogen-bond acceptors (Lipinski definition) is 3. The molecule has 0 spiro atoms. The Labute approximate surface area is 137 Å². The zero-order chi connectivity index (χ0) is 15.3. The molecule has 3 nitrogen and oxygen atoms in total. The molecule has 0 unspecified atom stereocenters. The minimum atomic E-state index is 0.906. The van der Waals surface area contributed by atoms with E-state index >= 15 is 0 Å². The zero-order valence-electron chi connectivity index (χ0n) is 13.3. The maximum Gasteiger partial charge on any atom is 0.191 e. The van der Waals surface area contributed by atoms with Crippen LogP contribution in [-0.4, -0.2) is 43.9 Å². The number of benzene rings is 1. The normalized spacial score (nSPS) is 11.5. The molecule has 1 rings (SSSR count). The van der Waals surface area contributed by atoms with Gasteiger partial charge in [-0.1, -0.05) is 17.7 Å². The monoisotopic (exact) mass is 325 g/mol. The molecule has 1 aromatic rings. The minimum absolute atomic E-state index is 0.906. The van der Waals surface area contributed by atoms with Crippen LogP contribution < -0.4 is 10.6 Å². The molecule has 0 saturated heterocycles. The van der Waals surface area contributed by atoms with Crippen LogP contribution in [0.4, 0.5) is 0 Å². The predicted molar refractivity (Wildman–Crippen MR) is 98.9 cm³/mol. The lowest BCUT2D eigenvalue weighted by Crippen LogP contribution is -2.38. The average Bonchev–Trinajstić information content (AvgIpc) is 2.51. The number of rotatable bonds is 9. The molecule has 0 bridgehead atoms. The van der Waals surface area contributed by atoms with Crippen molar-refractivity contribution in [2.75, 3.05) is 37.9 Å². The van der Waals surface area contributed by atoms with Gasteiger partial charge in [0.05, 0.1) is 0 Å². The second kappa shape index (κ2) is 11.8. The lowest BCUT2D eigenvalue weighted by Gasteiger charge is -2.11. The van der Waals surface area contributed by atoms with Crippen LogP contribution in [0.1, 0.15) is 18.4 Å². The van der Waals surface area contributed by atoms with Gasteiger partial charge in [-0.3, -0.25) is 4.99 Å². The smallest absolute Gasteiger partial charge is 0.191 e. The molecule has 0 fully saturated rings. The first-order valence-electron chi connectivity index (χ1n) is 7.39. The molecule has 0 aliphatic heterocycles. The van der Waals surface area contributed by atoms with Crippen molar-refractivity contribution in [3.8, 4) is 0 Å². The first-order valence-corrected chi connectivity index (χ1v) is 9.77. The number of nitrogens with one attached hydrogen (secondary N) is 2. The molecule has 0 aliphatic carbocycles. The first kappa shape index (κ1) is 18.2. The van der Waals surface area contributed by atoms with Crippen LogP contribution in [0.5, 0.6) is 0 Å². The highest BCUT2D eigenvalue weighted by molar-refractivity contribution is 7.99. The van der Waals surface area contributed by atoms with Gasteiger partial charge in [0.15, 0.2) is 5.96 Å². The summed E-state index contributed by atoms with van der Waals surface area (Å²) in [6.45, 7) is 4.03. The summed E-state index contributed by atoms with van der Waals surface area (Å²) in [5.41, 5.74) is 1.31. The van der Waals surface area contributed by atoms with Gasteiger partial charge in [-0.2, -0.15) is 11.8 Å². The van der Waals surface area contributed by atoms with Crippen LogP contribution in [-0.2, 0) is 0 Å². The van der Waals surface area contributed by atoms with E-state index in [1.54, 1.807) is 0 Å².